The quantitative estimate of drug-likeness (QED) is 0.514. The van der Waals surface area contributed by atoms with Crippen molar-refractivity contribution in [1.29, 1.82) is 0 Å². The fraction of sp³-hybridized carbons (Fsp3) is 0.909. The molecular weight excluding hydrogens is 212 g/mol. The fourth-order valence-corrected chi connectivity index (χ4v) is 1.44. The molecule has 15 heavy (non-hydrogen) atoms. The van der Waals surface area contributed by atoms with E-state index in [9.17, 15) is 4.79 Å². The van der Waals surface area contributed by atoms with E-state index in [0.29, 0.717) is 12.3 Å². The Kier molecular flexibility index (Phi) is 8.82. The number of nitrogens with one attached hydrogen (secondary N) is 1. The van der Waals surface area contributed by atoms with E-state index in [2.05, 4.69) is 10.2 Å². The molecule has 0 saturated carbocycles. The van der Waals surface area contributed by atoms with Gasteiger partial charge in [-0.15, -0.1) is 11.6 Å². The second kappa shape index (κ2) is 8.98. The number of alkyl halides is 1. The molecule has 90 valence electrons. The lowest BCUT2D eigenvalue weighted by molar-refractivity contribution is -0.121. The van der Waals surface area contributed by atoms with Gasteiger partial charge in [0.2, 0.25) is 5.91 Å². The summed E-state index contributed by atoms with van der Waals surface area (Å²) >= 11 is 5.54. The maximum absolute atomic E-state index is 11.4. The number of hydrogen-bond acceptors (Lipinski definition) is 2. The number of nitrogens with zero attached hydrogens (tertiary/aromatic N) is 1. The van der Waals surface area contributed by atoms with Gasteiger partial charge in [-0.25, -0.2) is 0 Å². The Morgan fingerprint density at radius 3 is 2.60 bits per heavy atom. The van der Waals surface area contributed by atoms with Crippen LogP contribution in [0.15, 0.2) is 0 Å². The van der Waals surface area contributed by atoms with Crippen LogP contribution in [0.2, 0.25) is 0 Å². The maximum Gasteiger partial charge on any atom is 0.220 e. The van der Waals surface area contributed by atoms with Gasteiger partial charge in [0.15, 0.2) is 0 Å². The van der Waals surface area contributed by atoms with Crippen molar-refractivity contribution in [3.05, 3.63) is 0 Å². The molecule has 3 nitrogen and oxygen atoms in total. The van der Waals surface area contributed by atoms with Crippen molar-refractivity contribution in [2.24, 2.45) is 0 Å². The zero-order valence-corrected chi connectivity index (χ0v) is 10.8. The lowest BCUT2D eigenvalue weighted by Crippen LogP contribution is -2.34. The SMILES string of the molecule is CC(CCN(C)C)NC(=O)CCCCCl. The van der Waals surface area contributed by atoms with Crippen molar-refractivity contribution in [3.63, 3.8) is 0 Å². The van der Waals surface area contributed by atoms with Crippen LogP contribution < -0.4 is 5.32 Å². The second-order valence-electron chi connectivity index (χ2n) is 4.21. The first-order valence-corrected chi connectivity index (χ1v) is 6.09. The fourth-order valence-electron chi connectivity index (χ4n) is 1.25. The number of amides is 1. The third kappa shape index (κ3) is 10.0. The van der Waals surface area contributed by atoms with E-state index in [-0.39, 0.29) is 11.9 Å². The maximum atomic E-state index is 11.4. The van der Waals surface area contributed by atoms with E-state index >= 15 is 0 Å². The summed E-state index contributed by atoms with van der Waals surface area (Å²) < 4.78 is 0. The van der Waals surface area contributed by atoms with Gasteiger partial charge in [-0.1, -0.05) is 0 Å². The number of carbonyl (C=O) groups excluding carboxylic acids is 1. The number of halogens is 1. The first kappa shape index (κ1) is 14.7. The van der Waals surface area contributed by atoms with Crippen molar-refractivity contribution < 1.29 is 4.79 Å². The van der Waals surface area contributed by atoms with Gasteiger partial charge in [0.1, 0.15) is 0 Å². The molecule has 0 bridgehead atoms. The van der Waals surface area contributed by atoms with E-state index in [0.717, 1.165) is 25.8 Å². The van der Waals surface area contributed by atoms with E-state index in [1.807, 2.05) is 21.0 Å². The largest absolute Gasteiger partial charge is 0.354 e. The van der Waals surface area contributed by atoms with Crippen molar-refractivity contribution in [3.8, 4) is 0 Å². The molecule has 0 spiro atoms. The Morgan fingerprint density at radius 2 is 2.07 bits per heavy atom. The van der Waals surface area contributed by atoms with Gasteiger partial charge in [-0.3, -0.25) is 4.79 Å². The molecule has 0 aliphatic rings. The highest BCUT2D eigenvalue weighted by atomic mass is 35.5. The summed E-state index contributed by atoms with van der Waals surface area (Å²) in [7, 11) is 4.07. The van der Waals surface area contributed by atoms with Gasteiger partial charge in [0, 0.05) is 18.3 Å². The smallest absolute Gasteiger partial charge is 0.220 e. The van der Waals surface area contributed by atoms with Gasteiger partial charge < -0.3 is 10.2 Å². The predicted octanol–water partition coefficient (Wildman–Crippen LogP) is 1.85. The summed E-state index contributed by atoms with van der Waals surface area (Å²) in [6, 6.07) is 0.260. The number of rotatable bonds is 8. The first-order chi connectivity index (χ1) is 7.06. The van der Waals surface area contributed by atoms with Crippen molar-refractivity contribution in [1.82, 2.24) is 10.2 Å². The van der Waals surface area contributed by atoms with Crippen molar-refractivity contribution >= 4 is 17.5 Å². The molecule has 0 aliphatic heterocycles. The molecule has 0 rings (SSSR count). The average molecular weight is 235 g/mol. The highest BCUT2D eigenvalue weighted by Gasteiger charge is 2.06. The molecule has 0 saturated heterocycles. The van der Waals surface area contributed by atoms with E-state index in [4.69, 9.17) is 11.6 Å². The molecule has 0 aromatic carbocycles. The van der Waals surface area contributed by atoms with Crippen LogP contribution in [0.4, 0.5) is 0 Å². The molecule has 0 radical (unpaired) electrons. The second-order valence-corrected chi connectivity index (χ2v) is 4.58. The summed E-state index contributed by atoms with van der Waals surface area (Å²) in [4.78, 5) is 13.5. The standard InChI is InChI=1S/C11H23ClN2O/c1-10(7-9-14(2)3)13-11(15)6-4-5-8-12/h10H,4-9H2,1-3H3,(H,13,15). The monoisotopic (exact) mass is 234 g/mol. The van der Waals surface area contributed by atoms with Crippen LogP contribution in [0.5, 0.6) is 0 Å². The van der Waals surface area contributed by atoms with Gasteiger partial charge in [0.05, 0.1) is 0 Å². The summed E-state index contributed by atoms with van der Waals surface area (Å²) in [5.41, 5.74) is 0. The Hall–Kier alpha value is -0.280. The van der Waals surface area contributed by atoms with Gasteiger partial charge in [-0.2, -0.15) is 0 Å². The molecular formula is C11H23ClN2O. The van der Waals surface area contributed by atoms with Crippen LogP contribution in [-0.4, -0.2) is 43.4 Å². The number of hydrogen-bond donors (Lipinski definition) is 1. The minimum atomic E-state index is 0.145. The van der Waals surface area contributed by atoms with Gasteiger partial charge >= 0.3 is 0 Å². The lowest BCUT2D eigenvalue weighted by Gasteiger charge is -2.16. The highest BCUT2D eigenvalue weighted by molar-refractivity contribution is 6.17. The molecule has 1 atom stereocenters. The Balaban J connectivity index is 3.49. The third-order valence-corrected chi connectivity index (χ3v) is 2.47. The molecule has 1 unspecified atom stereocenters. The highest BCUT2D eigenvalue weighted by Crippen LogP contribution is 1.99. The van der Waals surface area contributed by atoms with Crippen LogP contribution in [0, 0.1) is 0 Å². The Morgan fingerprint density at radius 1 is 1.40 bits per heavy atom. The van der Waals surface area contributed by atoms with Crippen LogP contribution >= 0.6 is 11.6 Å². The van der Waals surface area contributed by atoms with Crippen molar-refractivity contribution in [2.75, 3.05) is 26.5 Å². The zero-order chi connectivity index (χ0) is 11.7. The molecule has 0 heterocycles. The van der Waals surface area contributed by atoms with Crippen LogP contribution in [0.1, 0.15) is 32.6 Å². The molecule has 0 aromatic rings. The third-order valence-electron chi connectivity index (χ3n) is 2.20. The van der Waals surface area contributed by atoms with Crippen molar-refractivity contribution in [2.45, 2.75) is 38.6 Å². The molecule has 0 fully saturated rings. The predicted molar refractivity (Wildman–Crippen MR) is 65.3 cm³/mol. The summed E-state index contributed by atoms with van der Waals surface area (Å²) in [5.74, 6) is 0.787. The number of carbonyl (C=O) groups is 1. The minimum Gasteiger partial charge on any atom is -0.354 e. The molecule has 1 amide bonds. The normalized spacial score (nSPS) is 12.9. The van der Waals surface area contributed by atoms with Crippen LogP contribution in [0.25, 0.3) is 0 Å². The molecule has 0 aliphatic carbocycles. The van der Waals surface area contributed by atoms with Crippen LogP contribution in [-0.2, 0) is 4.79 Å². The summed E-state index contributed by atoms with van der Waals surface area (Å²) in [6.07, 6.45) is 3.39. The van der Waals surface area contributed by atoms with E-state index in [1.165, 1.54) is 0 Å². The van der Waals surface area contributed by atoms with E-state index in [1.54, 1.807) is 0 Å². The van der Waals surface area contributed by atoms with Gasteiger partial charge in [-0.05, 0) is 46.8 Å². The summed E-state index contributed by atoms with van der Waals surface area (Å²) in [6.45, 7) is 3.05. The number of unbranched alkanes of at least 4 members (excludes halogenated alkanes) is 1. The topological polar surface area (TPSA) is 32.3 Å². The average Bonchev–Trinajstić information content (AvgIpc) is 2.15. The minimum absolute atomic E-state index is 0.145. The Labute approximate surface area is 98.2 Å². The Bertz CT molecular complexity index is 174. The lowest BCUT2D eigenvalue weighted by atomic mass is 10.2. The zero-order valence-electron chi connectivity index (χ0n) is 10.1. The molecule has 4 heteroatoms. The molecule has 1 N–H and O–H groups in total. The first-order valence-electron chi connectivity index (χ1n) is 5.56. The molecule has 0 aromatic heterocycles. The van der Waals surface area contributed by atoms with E-state index < -0.39 is 0 Å². The van der Waals surface area contributed by atoms with Crippen LogP contribution in [0.3, 0.4) is 0 Å². The van der Waals surface area contributed by atoms with Gasteiger partial charge in [0.25, 0.3) is 0 Å². The summed E-state index contributed by atoms with van der Waals surface area (Å²) in [5, 5.41) is 2.99.